The van der Waals surface area contributed by atoms with Gasteiger partial charge < -0.3 is 10.4 Å². The van der Waals surface area contributed by atoms with Gasteiger partial charge in [0.25, 0.3) is 0 Å². The second kappa shape index (κ2) is 10.8. The third kappa shape index (κ3) is 7.77. The van der Waals surface area contributed by atoms with Crippen molar-refractivity contribution in [2.45, 2.75) is 63.4 Å². The Morgan fingerprint density at radius 3 is 2.03 bits per heavy atom. The Kier molecular flexibility index (Phi) is 9.16. The Morgan fingerprint density at radius 1 is 1.00 bits per heavy atom. The summed E-state index contributed by atoms with van der Waals surface area (Å²) in [5.41, 5.74) is 1.40. The summed E-state index contributed by atoms with van der Waals surface area (Å²) in [6.45, 7) is 3.69. The molecule has 1 atom stereocenters. The van der Waals surface area contributed by atoms with Gasteiger partial charge in [0, 0.05) is 18.5 Å². The van der Waals surface area contributed by atoms with Gasteiger partial charge in [0.1, 0.15) is 0 Å². The smallest absolute Gasteiger partial charge is 0.303 e. The van der Waals surface area contributed by atoms with Crippen LogP contribution < -0.4 is 5.32 Å². The SMILES string of the molecule is CC(=O)C(C(C)=O)S(=O)(=O)C(C)CCc1ccc(NC(=O)CCCC(=O)O)cc1. The fraction of sp³-hybridized carbons (Fsp3) is 0.500. The zero-order valence-corrected chi connectivity index (χ0v) is 17.6. The van der Waals surface area contributed by atoms with Crippen LogP contribution in [0.2, 0.25) is 0 Å². The van der Waals surface area contributed by atoms with E-state index in [1.54, 1.807) is 24.3 Å². The monoisotopic (exact) mass is 425 g/mol. The summed E-state index contributed by atoms with van der Waals surface area (Å²) in [5, 5.41) is 8.77. The molecule has 0 radical (unpaired) electrons. The summed E-state index contributed by atoms with van der Waals surface area (Å²) in [6.07, 6.45) is 0.974. The molecule has 0 aliphatic rings. The Labute approximate surface area is 170 Å². The van der Waals surface area contributed by atoms with Crippen molar-refractivity contribution in [2.24, 2.45) is 0 Å². The van der Waals surface area contributed by atoms with Gasteiger partial charge in [0.2, 0.25) is 5.91 Å². The number of Topliss-reactive ketones (excluding diaryl/α,β-unsaturated/α-hetero) is 2. The molecule has 9 heteroatoms. The van der Waals surface area contributed by atoms with Crippen LogP contribution in [0.4, 0.5) is 5.69 Å². The first-order chi connectivity index (χ1) is 13.4. The van der Waals surface area contributed by atoms with Gasteiger partial charge in [-0.2, -0.15) is 0 Å². The minimum Gasteiger partial charge on any atom is -0.481 e. The van der Waals surface area contributed by atoms with E-state index in [1.807, 2.05) is 0 Å². The van der Waals surface area contributed by atoms with Crippen LogP contribution in [0.5, 0.6) is 0 Å². The summed E-state index contributed by atoms with van der Waals surface area (Å²) in [7, 11) is -3.91. The lowest BCUT2D eigenvalue weighted by atomic mass is 10.1. The minimum atomic E-state index is -3.91. The normalized spacial score (nSPS) is 12.4. The van der Waals surface area contributed by atoms with E-state index in [2.05, 4.69) is 5.32 Å². The lowest BCUT2D eigenvalue weighted by Crippen LogP contribution is -2.40. The van der Waals surface area contributed by atoms with E-state index in [0.717, 1.165) is 19.4 Å². The zero-order valence-electron chi connectivity index (χ0n) is 16.8. The summed E-state index contributed by atoms with van der Waals surface area (Å²) in [5.74, 6) is -2.57. The van der Waals surface area contributed by atoms with Gasteiger partial charge in [0.15, 0.2) is 26.7 Å². The molecule has 0 bridgehead atoms. The number of hydrogen-bond acceptors (Lipinski definition) is 6. The molecular formula is C20H27NO7S. The van der Waals surface area contributed by atoms with E-state index >= 15 is 0 Å². The maximum Gasteiger partial charge on any atom is 0.303 e. The van der Waals surface area contributed by atoms with Crippen LogP contribution in [-0.2, 0) is 35.4 Å². The number of hydrogen-bond donors (Lipinski definition) is 2. The van der Waals surface area contributed by atoms with Gasteiger partial charge in [-0.3, -0.25) is 19.2 Å². The second-order valence-electron chi connectivity index (χ2n) is 7.03. The number of carbonyl (C=O) groups is 4. The van der Waals surface area contributed by atoms with E-state index in [0.29, 0.717) is 12.1 Å². The molecule has 0 spiro atoms. The van der Waals surface area contributed by atoms with E-state index in [4.69, 9.17) is 5.11 Å². The number of carboxylic acids is 1. The molecule has 0 saturated carbocycles. The van der Waals surface area contributed by atoms with Crippen LogP contribution >= 0.6 is 0 Å². The quantitative estimate of drug-likeness (QED) is 0.490. The Bertz CT molecular complexity index is 845. The molecule has 1 aromatic rings. The van der Waals surface area contributed by atoms with Crippen molar-refractivity contribution in [1.29, 1.82) is 0 Å². The highest BCUT2D eigenvalue weighted by atomic mass is 32.2. The molecular weight excluding hydrogens is 398 g/mol. The number of aliphatic carboxylic acids is 1. The predicted octanol–water partition coefficient (Wildman–Crippen LogP) is 2.16. The minimum absolute atomic E-state index is 0.0679. The molecule has 1 rings (SSSR count). The van der Waals surface area contributed by atoms with Gasteiger partial charge in [-0.05, 0) is 57.7 Å². The standard InChI is InChI=1S/C20H27NO7S/c1-13(29(27,28)20(14(2)22)15(3)23)7-8-16-9-11-17(12-10-16)21-18(24)5-4-6-19(25)26/h9-13,20H,4-8H2,1-3H3,(H,21,24)(H,25,26). The van der Waals surface area contributed by atoms with Crippen LogP contribution in [0.3, 0.4) is 0 Å². The van der Waals surface area contributed by atoms with E-state index < -0.39 is 37.9 Å². The van der Waals surface area contributed by atoms with Crippen molar-refractivity contribution in [3.05, 3.63) is 29.8 Å². The summed E-state index contributed by atoms with van der Waals surface area (Å²) < 4.78 is 25.0. The van der Waals surface area contributed by atoms with Crippen LogP contribution in [-0.4, -0.2) is 47.5 Å². The number of ketones is 2. The number of rotatable bonds is 12. The van der Waals surface area contributed by atoms with Crippen LogP contribution in [0, 0.1) is 0 Å². The Hall–Kier alpha value is -2.55. The van der Waals surface area contributed by atoms with Crippen molar-refractivity contribution >= 4 is 39.0 Å². The Morgan fingerprint density at radius 2 is 1.55 bits per heavy atom. The molecule has 29 heavy (non-hydrogen) atoms. The molecule has 0 fully saturated rings. The first-order valence-corrected chi connectivity index (χ1v) is 10.9. The highest BCUT2D eigenvalue weighted by molar-refractivity contribution is 7.94. The van der Waals surface area contributed by atoms with Gasteiger partial charge in [-0.1, -0.05) is 12.1 Å². The van der Waals surface area contributed by atoms with Crippen molar-refractivity contribution < 1.29 is 32.7 Å². The fourth-order valence-corrected chi connectivity index (χ4v) is 4.73. The molecule has 0 aliphatic carbocycles. The largest absolute Gasteiger partial charge is 0.481 e. The van der Waals surface area contributed by atoms with Crippen LogP contribution in [0.1, 0.15) is 52.0 Å². The highest BCUT2D eigenvalue weighted by Gasteiger charge is 2.37. The third-order valence-electron chi connectivity index (χ3n) is 4.50. The van der Waals surface area contributed by atoms with Gasteiger partial charge in [-0.15, -0.1) is 0 Å². The van der Waals surface area contributed by atoms with Crippen molar-refractivity contribution in [1.82, 2.24) is 0 Å². The van der Waals surface area contributed by atoms with E-state index in [1.165, 1.54) is 6.92 Å². The van der Waals surface area contributed by atoms with Crippen molar-refractivity contribution in [3.8, 4) is 0 Å². The Balaban J connectivity index is 2.63. The fourth-order valence-electron chi connectivity index (χ4n) is 2.89. The van der Waals surface area contributed by atoms with Crippen LogP contribution in [0.15, 0.2) is 24.3 Å². The van der Waals surface area contributed by atoms with E-state index in [9.17, 15) is 27.6 Å². The number of benzene rings is 1. The third-order valence-corrected chi connectivity index (χ3v) is 7.18. The lowest BCUT2D eigenvalue weighted by molar-refractivity contribution is -0.137. The molecule has 8 nitrogen and oxygen atoms in total. The number of sulfone groups is 1. The lowest BCUT2D eigenvalue weighted by Gasteiger charge is -2.18. The molecule has 1 aromatic carbocycles. The molecule has 1 amide bonds. The molecule has 0 saturated heterocycles. The van der Waals surface area contributed by atoms with Crippen LogP contribution in [0.25, 0.3) is 0 Å². The summed E-state index contributed by atoms with van der Waals surface area (Å²) in [6, 6.07) is 6.86. The number of aryl methyl sites for hydroxylation is 1. The molecule has 0 aromatic heterocycles. The van der Waals surface area contributed by atoms with Gasteiger partial charge in [-0.25, -0.2) is 8.42 Å². The predicted molar refractivity (Wildman–Crippen MR) is 108 cm³/mol. The highest BCUT2D eigenvalue weighted by Crippen LogP contribution is 2.19. The van der Waals surface area contributed by atoms with Crippen molar-refractivity contribution in [3.63, 3.8) is 0 Å². The molecule has 1 unspecified atom stereocenters. The topological polar surface area (TPSA) is 135 Å². The zero-order chi connectivity index (χ0) is 22.2. The number of anilines is 1. The van der Waals surface area contributed by atoms with Gasteiger partial charge in [0.05, 0.1) is 5.25 Å². The number of nitrogens with one attached hydrogen (secondary N) is 1. The molecule has 0 aliphatic heterocycles. The summed E-state index contributed by atoms with van der Waals surface area (Å²) in [4.78, 5) is 45.3. The second-order valence-corrected chi connectivity index (χ2v) is 9.49. The number of amides is 1. The summed E-state index contributed by atoms with van der Waals surface area (Å²) >= 11 is 0. The van der Waals surface area contributed by atoms with Crippen molar-refractivity contribution in [2.75, 3.05) is 5.32 Å². The molecule has 160 valence electrons. The van der Waals surface area contributed by atoms with Gasteiger partial charge >= 0.3 is 5.97 Å². The van der Waals surface area contributed by atoms with E-state index in [-0.39, 0.29) is 31.6 Å². The first kappa shape index (κ1) is 24.5. The molecule has 0 heterocycles. The molecule has 2 N–H and O–H groups in total. The maximum absolute atomic E-state index is 12.5. The average Bonchev–Trinajstić information content (AvgIpc) is 2.59. The number of carboxylic acid groups (broad SMARTS) is 1. The average molecular weight is 426 g/mol. The number of carbonyl (C=O) groups excluding carboxylic acids is 3. The first-order valence-electron chi connectivity index (χ1n) is 9.29. The maximum atomic E-state index is 12.5.